The molecular formula is C2H10N4. The van der Waals surface area contributed by atoms with E-state index in [0.29, 0.717) is 0 Å². The van der Waals surface area contributed by atoms with Crippen LogP contribution in [0.3, 0.4) is 0 Å². The van der Waals surface area contributed by atoms with E-state index in [0.717, 1.165) is 0 Å². The second-order valence-corrected chi connectivity index (χ2v) is 1.15. The summed E-state index contributed by atoms with van der Waals surface area (Å²) in [4.78, 5) is 0. The predicted molar refractivity (Wildman–Crippen MR) is 24.3 cm³/mol. The SMILES string of the molecule is NC(N)C(N)N. The van der Waals surface area contributed by atoms with Crippen molar-refractivity contribution in [3.8, 4) is 0 Å². The van der Waals surface area contributed by atoms with Crippen molar-refractivity contribution in [2.24, 2.45) is 22.9 Å². The Hall–Kier alpha value is -0.160. The molecule has 4 heteroatoms. The molecule has 0 aliphatic heterocycles. The Labute approximate surface area is 36.5 Å². The molecule has 4 nitrogen and oxygen atoms in total. The Morgan fingerprint density at radius 3 is 0.833 bits per heavy atom. The highest BCUT2D eigenvalue weighted by molar-refractivity contribution is 4.59. The second-order valence-electron chi connectivity index (χ2n) is 1.15. The lowest BCUT2D eigenvalue weighted by atomic mass is 10.4. The fraction of sp³-hybridized carbons (Fsp3) is 1.00. The predicted octanol–water partition coefficient (Wildman–Crippen LogP) is -2.53. The van der Waals surface area contributed by atoms with E-state index in [9.17, 15) is 0 Å². The van der Waals surface area contributed by atoms with Crippen molar-refractivity contribution in [3.63, 3.8) is 0 Å². The van der Waals surface area contributed by atoms with Crippen molar-refractivity contribution in [3.05, 3.63) is 0 Å². The molecule has 0 aromatic carbocycles. The summed E-state index contributed by atoms with van der Waals surface area (Å²) in [6.07, 6.45) is -1.19. The summed E-state index contributed by atoms with van der Waals surface area (Å²) in [5, 5.41) is 0. The Morgan fingerprint density at radius 1 is 0.667 bits per heavy atom. The summed E-state index contributed by atoms with van der Waals surface area (Å²) >= 11 is 0. The van der Waals surface area contributed by atoms with Crippen LogP contribution in [0.2, 0.25) is 0 Å². The van der Waals surface area contributed by atoms with Gasteiger partial charge in [-0.15, -0.1) is 0 Å². The van der Waals surface area contributed by atoms with E-state index in [1.165, 1.54) is 0 Å². The molecule has 8 N–H and O–H groups in total. The normalized spacial score (nSPS) is 11.0. The van der Waals surface area contributed by atoms with Crippen LogP contribution in [-0.2, 0) is 0 Å². The maximum Gasteiger partial charge on any atom is 0.0811 e. The molecule has 0 bridgehead atoms. The summed E-state index contributed by atoms with van der Waals surface area (Å²) in [5.41, 5.74) is 19.9. The summed E-state index contributed by atoms with van der Waals surface area (Å²) in [6, 6.07) is 0. The summed E-state index contributed by atoms with van der Waals surface area (Å²) in [5.74, 6) is 0. The molecule has 0 saturated heterocycles. The van der Waals surface area contributed by atoms with Gasteiger partial charge in [0, 0.05) is 0 Å². The van der Waals surface area contributed by atoms with Gasteiger partial charge in [-0.3, -0.25) is 0 Å². The molecule has 6 heavy (non-hydrogen) atoms. The van der Waals surface area contributed by atoms with Crippen LogP contribution in [0.25, 0.3) is 0 Å². The van der Waals surface area contributed by atoms with Crippen molar-refractivity contribution in [2.45, 2.75) is 12.3 Å². The van der Waals surface area contributed by atoms with Crippen molar-refractivity contribution in [1.29, 1.82) is 0 Å². The van der Waals surface area contributed by atoms with Gasteiger partial charge in [-0.25, -0.2) is 0 Å². The molecule has 0 saturated carbocycles. The van der Waals surface area contributed by atoms with Gasteiger partial charge in [-0.2, -0.15) is 0 Å². The number of hydrogen-bond acceptors (Lipinski definition) is 4. The molecule has 0 heterocycles. The molecule has 0 aromatic rings. The zero-order valence-electron chi connectivity index (χ0n) is 3.46. The van der Waals surface area contributed by atoms with Gasteiger partial charge in [0.05, 0.1) is 12.3 Å². The van der Waals surface area contributed by atoms with Crippen LogP contribution < -0.4 is 22.9 Å². The molecular weight excluding hydrogens is 80.1 g/mol. The van der Waals surface area contributed by atoms with Gasteiger partial charge in [0.2, 0.25) is 0 Å². The summed E-state index contributed by atoms with van der Waals surface area (Å²) < 4.78 is 0. The average Bonchev–Trinajstić information content (AvgIpc) is 1.36. The zero-order chi connectivity index (χ0) is 5.15. The Morgan fingerprint density at radius 2 is 0.833 bits per heavy atom. The maximum atomic E-state index is 4.96. The molecule has 0 aromatic heterocycles. The Kier molecular flexibility index (Phi) is 2.04. The molecule has 0 fully saturated rings. The molecule has 0 atom stereocenters. The quantitative estimate of drug-likeness (QED) is 0.266. The van der Waals surface area contributed by atoms with E-state index in [4.69, 9.17) is 22.9 Å². The van der Waals surface area contributed by atoms with Crippen molar-refractivity contribution in [2.75, 3.05) is 0 Å². The standard InChI is InChI=1S/C2H10N4/c3-1(4)2(5)6/h1-2H,3-6H2. The first-order valence-corrected chi connectivity index (χ1v) is 1.67. The fourth-order valence-corrected chi connectivity index (χ4v) is 0. The van der Waals surface area contributed by atoms with E-state index in [2.05, 4.69) is 0 Å². The van der Waals surface area contributed by atoms with Gasteiger partial charge < -0.3 is 22.9 Å². The van der Waals surface area contributed by atoms with Gasteiger partial charge in [-0.05, 0) is 0 Å². The molecule has 38 valence electrons. The number of rotatable bonds is 1. The molecule has 0 amide bonds. The minimum absolute atomic E-state index is 0.593. The van der Waals surface area contributed by atoms with Crippen molar-refractivity contribution >= 4 is 0 Å². The summed E-state index contributed by atoms with van der Waals surface area (Å²) in [6.45, 7) is 0. The molecule has 0 aliphatic carbocycles. The molecule has 0 spiro atoms. The second kappa shape index (κ2) is 2.09. The Bertz CT molecular complexity index is 26.5. The first-order chi connectivity index (χ1) is 2.64. The maximum absolute atomic E-state index is 4.96. The van der Waals surface area contributed by atoms with Gasteiger partial charge >= 0.3 is 0 Å². The van der Waals surface area contributed by atoms with Crippen LogP contribution in [0.1, 0.15) is 0 Å². The lowest BCUT2D eigenvalue weighted by molar-refractivity contribution is 0.559. The highest BCUT2D eigenvalue weighted by Crippen LogP contribution is 1.57. The minimum atomic E-state index is -0.593. The fourth-order valence-electron chi connectivity index (χ4n) is 0. The lowest BCUT2D eigenvalue weighted by Gasteiger charge is -2.06. The zero-order valence-corrected chi connectivity index (χ0v) is 3.46. The van der Waals surface area contributed by atoms with Gasteiger partial charge in [0.1, 0.15) is 0 Å². The Balaban J connectivity index is 2.99. The summed E-state index contributed by atoms with van der Waals surface area (Å²) in [7, 11) is 0. The highest BCUT2D eigenvalue weighted by atomic mass is 15.0. The number of nitrogens with two attached hydrogens (primary N) is 4. The van der Waals surface area contributed by atoms with Crippen LogP contribution in [0, 0.1) is 0 Å². The van der Waals surface area contributed by atoms with Crippen LogP contribution in [0.15, 0.2) is 0 Å². The molecule has 0 unspecified atom stereocenters. The van der Waals surface area contributed by atoms with Gasteiger partial charge in [0.15, 0.2) is 0 Å². The van der Waals surface area contributed by atoms with Crippen LogP contribution >= 0.6 is 0 Å². The van der Waals surface area contributed by atoms with Crippen molar-refractivity contribution < 1.29 is 0 Å². The van der Waals surface area contributed by atoms with E-state index < -0.39 is 12.3 Å². The third-order valence-electron chi connectivity index (χ3n) is 0.444. The third kappa shape index (κ3) is 2.10. The van der Waals surface area contributed by atoms with Crippen LogP contribution in [-0.4, -0.2) is 12.3 Å². The van der Waals surface area contributed by atoms with Crippen molar-refractivity contribution in [1.82, 2.24) is 0 Å². The average molecular weight is 90.1 g/mol. The van der Waals surface area contributed by atoms with E-state index >= 15 is 0 Å². The molecule has 0 aliphatic rings. The van der Waals surface area contributed by atoms with Gasteiger partial charge in [0.25, 0.3) is 0 Å². The van der Waals surface area contributed by atoms with E-state index in [1.807, 2.05) is 0 Å². The van der Waals surface area contributed by atoms with E-state index in [-0.39, 0.29) is 0 Å². The third-order valence-corrected chi connectivity index (χ3v) is 0.444. The van der Waals surface area contributed by atoms with Crippen LogP contribution in [0.4, 0.5) is 0 Å². The first-order valence-electron chi connectivity index (χ1n) is 1.67. The smallest absolute Gasteiger partial charge is 0.0811 e. The van der Waals surface area contributed by atoms with E-state index in [1.54, 1.807) is 0 Å². The molecule has 0 rings (SSSR count). The highest BCUT2D eigenvalue weighted by Gasteiger charge is 1.96. The lowest BCUT2D eigenvalue weighted by Crippen LogP contribution is -2.53. The number of hydrogen-bond donors (Lipinski definition) is 4. The molecule has 0 radical (unpaired) electrons. The first kappa shape index (κ1) is 5.84. The minimum Gasteiger partial charge on any atom is -0.314 e. The monoisotopic (exact) mass is 90.1 g/mol. The van der Waals surface area contributed by atoms with Gasteiger partial charge in [-0.1, -0.05) is 0 Å². The van der Waals surface area contributed by atoms with Crippen LogP contribution in [0.5, 0.6) is 0 Å². The largest absolute Gasteiger partial charge is 0.314 e. The topological polar surface area (TPSA) is 104 Å².